The van der Waals surface area contributed by atoms with Crippen molar-refractivity contribution in [1.29, 1.82) is 0 Å². The van der Waals surface area contributed by atoms with Gasteiger partial charge in [-0.15, -0.1) is 0 Å². The van der Waals surface area contributed by atoms with Gasteiger partial charge >= 0.3 is 0 Å². The Morgan fingerprint density at radius 1 is 1.17 bits per heavy atom. The minimum atomic E-state index is -1.22. The van der Waals surface area contributed by atoms with Gasteiger partial charge in [0.1, 0.15) is 22.4 Å². The van der Waals surface area contributed by atoms with E-state index in [1.807, 2.05) is 6.07 Å². The molecule has 3 amide bonds. The fourth-order valence-electron chi connectivity index (χ4n) is 4.89. The van der Waals surface area contributed by atoms with Crippen LogP contribution in [-0.2, 0) is 9.53 Å². The molecule has 13 heteroatoms. The van der Waals surface area contributed by atoms with Gasteiger partial charge in [0.25, 0.3) is 11.8 Å². The van der Waals surface area contributed by atoms with E-state index < -0.39 is 23.8 Å². The number of nitrogen functional groups attached to an aromatic ring is 1. The number of pyridine rings is 1. The van der Waals surface area contributed by atoms with Gasteiger partial charge in [0.05, 0.1) is 37.2 Å². The topological polar surface area (TPSA) is 172 Å². The molecule has 0 bridgehead atoms. The zero-order valence-corrected chi connectivity index (χ0v) is 23.8. The third-order valence-electron chi connectivity index (χ3n) is 7.00. The van der Waals surface area contributed by atoms with Gasteiger partial charge in [-0.1, -0.05) is 12.1 Å². The van der Waals surface area contributed by atoms with E-state index in [1.54, 1.807) is 48.7 Å². The third-order valence-corrected chi connectivity index (χ3v) is 7.85. The molecule has 1 aliphatic rings. The van der Waals surface area contributed by atoms with Gasteiger partial charge in [-0.05, 0) is 60.3 Å². The number of nitrogens with one attached hydrogen (secondary N) is 1. The predicted molar refractivity (Wildman–Crippen MR) is 158 cm³/mol. The van der Waals surface area contributed by atoms with E-state index in [0.29, 0.717) is 23.7 Å². The summed E-state index contributed by atoms with van der Waals surface area (Å²) >= 11 is 0.719. The van der Waals surface area contributed by atoms with Crippen molar-refractivity contribution in [2.24, 2.45) is 5.73 Å². The van der Waals surface area contributed by atoms with E-state index >= 15 is 0 Å². The zero-order valence-electron chi connectivity index (χ0n) is 23.0. The molecule has 42 heavy (non-hydrogen) atoms. The van der Waals surface area contributed by atoms with Crippen LogP contribution in [0, 0.1) is 0 Å². The number of nitrogens with zero attached hydrogens (tertiary/aromatic N) is 3. The fraction of sp³-hybridized carbons (Fsp3) is 0.276. The summed E-state index contributed by atoms with van der Waals surface area (Å²) < 4.78 is 20.8. The Morgan fingerprint density at radius 3 is 2.69 bits per heavy atom. The van der Waals surface area contributed by atoms with Gasteiger partial charge < -0.3 is 31.0 Å². The lowest BCUT2D eigenvalue weighted by Crippen LogP contribution is -2.45. The van der Waals surface area contributed by atoms with E-state index in [9.17, 15) is 14.4 Å². The van der Waals surface area contributed by atoms with Crippen LogP contribution >= 0.6 is 11.5 Å². The highest BCUT2D eigenvalue weighted by molar-refractivity contribution is 7.09. The molecule has 5 rings (SSSR count). The molecule has 3 heterocycles. The Balaban J connectivity index is 1.70. The Labute approximate surface area is 245 Å². The number of hydrogen-bond donors (Lipinski definition) is 3. The second-order valence-electron chi connectivity index (χ2n) is 9.59. The van der Waals surface area contributed by atoms with Crippen LogP contribution < -0.4 is 31.2 Å². The van der Waals surface area contributed by atoms with Crippen molar-refractivity contribution < 1.29 is 28.6 Å². The lowest BCUT2D eigenvalue weighted by molar-refractivity contribution is -0.123. The Bertz CT molecular complexity index is 1640. The minimum absolute atomic E-state index is 0.0620. The van der Waals surface area contributed by atoms with Crippen LogP contribution in [0.25, 0.3) is 10.9 Å². The number of primary amides is 1. The molecule has 0 spiro atoms. The second-order valence-corrected chi connectivity index (χ2v) is 10.4. The first-order valence-electron chi connectivity index (χ1n) is 13.2. The molecule has 1 saturated heterocycles. The summed E-state index contributed by atoms with van der Waals surface area (Å²) in [4.78, 5) is 46.2. The number of carbonyl (C=O) groups is 3. The highest BCUT2D eigenvalue weighted by Gasteiger charge is 2.38. The number of hydrogen-bond acceptors (Lipinski definition) is 10. The minimum Gasteiger partial charge on any atom is -0.497 e. The molecule has 12 nitrogen and oxygen atoms in total. The molecule has 4 aromatic rings. The number of amides is 3. The van der Waals surface area contributed by atoms with Gasteiger partial charge in [-0.2, -0.15) is 4.37 Å². The first-order chi connectivity index (χ1) is 20.3. The molecule has 1 fully saturated rings. The molecule has 1 aliphatic heterocycles. The van der Waals surface area contributed by atoms with Crippen molar-refractivity contribution in [1.82, 2.24) is 14.7 Å². The zero-order chi connectivity index (χ0) is 29.8. The van der Waals surface area contributed by atoms with E-state index in [4.69, 9.17) is 25.7 Å². The molecule has 0 unspecified atom stereocenters. The van der Waals surface area contributed by atoms with Crippen molar-refractivity contribution >= 4 is 51.5 Å². The van der Waals surface area contributed by atoms with E-state index in [0.717, 1.165) is 35.3 Å². The molecule has 5 N–H and O–H groups in total. The smallest absolute Gasteiger partial charge is 0.273 e. The average Bonchev–Trinajstić information content (AvgIpc) is 3.67. The number of carbonyl (C=O) groups excluding carboxylic acids is 3. The molecular formula is C29H30N6O6S. The Hall–Kier alpha value is -4.75. The van der Waals surface area contributed by atoms with Crippen LogP contribution in [0.4, 0.5) is 11.4 Å². The summed E-state index contributed by atoms with van der Waals surface area (Å²) in [5.41, 5.74) is 12.7. The number of aromatic nitrogens is 2. The van der Waals surface area contributed by atoms with Gasteiger partial charge in [0.2, 0.25) is 5.91 Å². The van der Waals surface area contributed by atoms with E-state index in [1.165, 1.54) is 19.1 Å². The average molecular weight is 591 g/mol. The quantitative estimate of drug-likeness (QED) is 0.251. The van der Waals surface area contributed by atoms with Crippen LogP contribution in [0.1, 0.15) is 44.6 Å². The van der Waals surface area contributed by atoms with Crippen LogP contribution in [0.3, 0.4) is 0 Å². The second kappa shape index (κ2) is 12.4. The molecule has 2 aromatic carbocycles. The summed E-state index contributed by atoms with van der Waals surface area (Å²) in [6.07, 6.45) is 3.25. The van der Waals surface area contributed by atoms with Crippen molar-refractivity contribution in [3.63, 3.8) is 0 Å². The standard InChI is InChI=1S/C29H30N6O6S/c1-39-18-8-10-22(40-2)21(14-18)35(29(38)26-23(30)24(27(31)36)34-42-26)25(28(37)33-15-19-6-4-12-41-19)17-7-9-20-16(13-17)5-3-11-32-20/h3,5,7-11,13-14,19,25H,4,6,12,15,30H2,1-2H3,(H2,31,36)(H,33,37)/t19-,25+/m1/s1. The van der Waals surface area contributed by atoms with Crippen molar-refractivity contribution in [3.05, 3.63) is 70.9 Å². The lowest BCUT2D eigenvalue weighted by Gasteiger charge is -2.32. The highest BCUT2D eigenvalue weighted by atomic mass is 32.1. The molecule has 2 atom stereocenters. The van der Waals surface area contributed by atoms with Crippen LogP contribution in [0.15, 0.2) is 54.7 Å². The molecule has 0 saturated carbocycles. The molecule has 0 radical (unpaired) electrons. The number of benzene rings is 2. The first-order valence-corrected chi connectivity index (χ1v) is 13.9. The maximum absolute atomic E-state index is 14.5. The Morgan fingerprint density at radius 2 is 2.00 bits per heavy atom. The number of ether oxygens (including phenoxy) is 3. The van der Waals surface area contributed by atoms with E-state index in [2.05, 4.69) is 14.7 Å². The monoisotopic (exact) mass is 590 g/mol. The van der Waals surface area contributed by atoms with E-state index in [-0.39, 0.29) is 34.6 Å². The van der Waals surface area contributed by atoms with Gasteiger partial charge in [0.15, 0.2) is 5.69 Å². The summed E-state index contributed by atoms with van der Waals surface area (Å²) in [5.74, 6) is -1.32. The summed E-state index contributed by atoms with van der Waals surface area (Å²) in [7, 11) is 2.94. The molecule has 2 aromatic heterocycles. The van der Waals surface area contributed by atoms with Crippen molar-refractivity contribution in [2.75, 3.05) is 38.0 Å². The van der Waals surface area contributed by atoms with Crippen molar-refractivity contribution in [2.45, 2.75) is 25.0 Å². The largest absolute Gasteiger partial charge is 0.497 e. The van der Waals surface area contributed by atoms with Gasteiger partial charge in [-0.25, -0.2) is 0 Å². The lowest BCUT2D eigenvalue weighted by atomic mass is 10.00. The SMILES string of the molecule is COc1ccc(OC)c(N(C(=O)c2snc(C(N)=O)c2N)[C@H](C(=O)NC[C@H]2CCCO2)c2ccc3ncccc3c2)c1. The summed E-state index contributed by atoms with van der Waals surface area (Å²) in [6, 6.07) is 12.6. The van der Waals surface area contributed by atoms with Crippen LogP contribution in [0.5, 0.6) is 11.5 Å². The van der Waals surface area contributed by atoms with Gasteiger partial charge in [-0.3, -0.25) is 24.3 Å². The third kappa shape index (κ3) is 5.69. The highest BCUT2D eigenvalue weighted by Crippen LogP contribution is 2.40. The normalized spacial score (nSPS) is 15.2. The van der Waals surface area contributed by atoms with Crippen LogP contribution in [-0.4, -0.2) is 60.6 Å². The fourth-order valence-corrected chi connectivity index (χ4v) is 5.63. The molecule has 218 valence electrons. The maximum atomic E-state index is 14.5. The Kier molecular flexibility index (Phi) is 8.50. The number of nitrogens with two attached hydrogens (primary N) is 2. The number of anilines is 2. The van der Waals surface area contributed by atoms with Crippen molar-refractivity contribution in [3.8, 4) is 11.5 Å². The molecular weight excluding hydrogens is 560 g/mol. The summed E-state index contributed by atoms with van der Waals surface area (Å²) in [6.45, 7) is 0.885. The predicted octanol–water partition coefficient (Wildman–Crippen LogP) is 3.07. The maximum Gasteiger partial charge on any atom is 0.273 e. The van der Waals surface area contributed by atoms with Crippen LogP contribution in [0.2, 0.25) is 0 Å². The number of rotatable bonds is 10. The number of fused-ring (bicyclic) bond motifs is 1. The molecule has 0 aliphatic carbocycles. The number of methoxy groups -OCH3 is 2. The summed E-state index contributed by atoms with van der Waals surface area (Å²) in [5, 5.41) is 3.74. The first kappa shape index (κ1) is 28.8. The van der Waals surface area contributed by atoms with Gasteiger partial charge in [0, 0.05) is 30.8 Å².